The third kappa shape index (κ3) is 4.35. The second-order valence-corrected chi connectivity index (χ2v) is 2.06. The van der Waals surface area contributed by atoms with E-state index in [1.165, 1.54) is 0 Å². The van der Waals surface area contributed by atoms with Gasteiger partial charge in [-0.3, -0.25) is 0 Å². The molecule has 0 aliphatic rings. The van der Waals surface area contributed by atoms with Gasteiger partial charge >= 0.3 is 51.8 Å². The third-order valence-electron chi connectivity index (χ3n) is 0.521. The van der Waals surface area contributed by atoms with Crippen LogP contribution in [0.4, 0.5) is 0 Å². The fourth-order valence-electron chi connectivity index (χ4n) is 0.189. The van der Waals surface area contributed by atoms with Crippen molar-refractivity contribution in [2.24, 2.45) is 0 Å². The van der Waals surface area contributed by atoms with Gasteiger partial charge in [-0.15, -0.1) is 0 Å². The van der Waals surface area contributed by atoms with Gasteiger partial charge in [0.2, 0.25) is 0 Å². The molecule has 0 aliphatic heterocycles. The van der Waals surface area contributed by atoms with Gasteiger partial charge in [0.25, 0.3) is 0 Å². The molecule has 1 unspecified atom stereocenters. The zero-order chi connectivity index (χ0) is 5.70. The summed E-state index contributed by atoms with van der Waals surface area (Å²) < 4.78 is 4.61. The molecule has 0 aromatic heterocycles. The predicted molar refractivity (Wildman–Crippen MR) is 19.0 cm³/mol. The van der Waals surface area contributed by atoms with Crippen molar-refractivity contribution in [2.75, 3.05) is 13.2 Å². The predicted octanol–water partition coefficient (Wildman–Crippen LogP) is -1.18. The monoisotopic (exact) mass is 155 g/mol. The van der Waals surface area contributed by atoms with E-state index in [2.05, 4.69) is 3.56 Å². The summed E-state index contributed by atoms with van der Waals surface area (Å²) in [5.74, 6) is 0. The fourth-order valence-corrected chi connectivity index (χ4v) is 0.760. The first-order chi connectivity index (χ1) is 3.31. The molecule has 0 saturated heterocycles. The van der Waals surface area contributed by atoms with Crippen LogP contribution in [0.5, 0.6) is 0 Å². The van der Waals surface area contributed by atoms with Gasteiger partial charge in [0.15, 0.2) is 0 Å². The van der Waals surface area contributed by atoms with Gasteiger partial charge < -0.3 is 0 Å². The molecule has 0 radical (unpaired) electrons. The quantitative estimate of drug-likeness (QED) is 0.506. The molecule has 4 heteroatoms. The molecule has 39 valence electrons. The Bertz CT molecular complexity index is 41.2. The third-order valence-corrected chi connectivity index (χ3v) is 1.02. The Hall–Kier alpha value is 0.503. The number of rotatable bonds is 3. The molecule has 3 nitrogen and oxygen atoms in total. The minimum atomic E-state index is -0.686. The average molecular weight is 156 g/mol. The van der Waals surface area contributed by atoms with E-state index in [4.69, 9.17) is 10.2 Å². The molecule has 0 fully saturated rings. The molecule has 0 amide bonds. The second kappa shape index (κ2) is 4.66. The molecule has 0 bridgehead atoms. The molecule has 0 spiro atoms. The molecule has 0 rings (SSSR count). The van der Waals surface area contributed by atoms with Crippen LogP contribution in [-0.2, 0) is 22.2 Å². The first kappa shape index (κ1) is 7.50. The topological polar surface area (TPSA) is 49.7 Å². The van der Waals surface area contributed by atoms with Crippen molar-refractivity contribution >= 4 is 0 Å². The first-order valence-corrected chi connectivity index (χ1v) is 3.18. The molecular formula is C3H7O3Zn. The Kier molecular flexibility index (Phi) is 4.99. The number of hydrogen-bond donors (Lipinski definition) is 2. The normalized spacial score (nSPS) is 14.3. The Morgan fingerprint density at radius 2 is 2.29 bits per heavy atom. The van der Waals surface area contributed by atoms with Gasteiger partial charge in [-0.25, -0.2) is 0 Å². The van der Waals surface area contributed by atoms with Gasteiger partial charge in [-0.1, -0.05) is 0 Å². The van der Waals surface area contributed by atoms with E-state index < -0.39 is 6.10 Å². The average Bonchev–Trinajstić information content (AvgIpc) is 1.68. The van der Waals surface area contributed by atoms with Gasteiger partial charge in [-0.2, -0.15) is 0 Å². The Morgan fingerprint density at radius 1 is 1.71 bits per heavy atom. The molecule has 2 N–H and O–H groups in total. The van der Waals surface area contributed by atoms with E-state index in [0.717, 1.165) is 0 Å². The Balaban J connectivity index is 2.83. The Morgan fingerprint density at radius 3 is 2.43 bits per heavy atom. The van der Waals surface area contributed by atoms with Gasteiger partial charge in [0.05, 0.1) is 0 Å². The van der Waals surface area contributed by atoms with Crippen LogP contribution >= 0.6 is 0 Å². The first-order valence-electron chi connectivity index (χ1n) is 1.97. The van der Waals surface area contributed by atoms with Crippen LogP contribution in [0.1, 0.15) is 0 Å². The molecular weight excluding hydrogens is 149 g/mol. The summed E-state index contributed by atoms with van der Waals surface area (Å²) in [6, 6.07) is 0. The van der Waals surface area contributed by atoms with Crippen LogP contribution in [0.15, 0.2) is 0 Å². The number of hydrogen-bond acceptors (Lipinski definition) is 3. The standard InChI is InChI=1S/C3H7O3.Zn/c4-1-3(6)2-5;/h3-4,6H,1-2H2;/q-1;+1. The number of aliphatic hydroxyl groups is 2. The second-order valence-electron chi connectivity index (χ2n) is 1.21. The SMILES string of the molecule is OCC(O)C[O][Zn]. The van der Waals surface area contributed by atoms with Crippen LogP contribution in [0.3, 0.4) is 0 Å². The van der Waals surface area contributed by atoms with Crippen LogP contribution < -0.4 is 0 Å². The number of aliphatic hydroxyl groups excluding tert-OH is 2. The van der Waals surface area contributed by atoms with Crippen LogP contribution in [0.25, 0.3) is 0 Å². The van der Waals surface area contributed by atoms with Gasteiger partial charge in [-0.05, 0) is 0 Å². The fraction of sp³-hybridized carbons (Fsp3) is 1.00. The van der Waals surface area contributed by atoms with Gasteiger partial charge in [0.1, 0.15) is 0 Å². The molecule has 7 heavy (non-hydrogen) atoms. The minimum absolute atomic E-state index is 0.208. The molecule has 0 aliphatic carbocycles. The summed E-state index contributed by atoms with van der Waals surface area (Å²) in [5.41, 5.74) is 0. The van der Waals surface area contributed by atoms with E-state index in [1.54, 1.807) is 0 Å². The zero-order valence-electron chi connectivity index (χ0n) is 4.00. The van der Waals surface area contributed by atoms with Crippen molar-refractivity contribution in [3.8, 4) is 0 Å². The van der Waals surface area contributed by atoms with Crippen LogP contribution in [-0.4, -0.2) is 29.5 Å². The van der Waals surface area contributed by atoms with Crippen molar-refractivity contribution in [3.63, 3.8) is 0 Å². The summed E-state index contributed by atoms with van der Waals surface area (Å²) in [5, 5.41) is 16.7. The maximum absolute atomic E-state index is 8.50. The zero-order valence-corrected chi connectivity index (χ0v) is 6.97. The summed E-state index contributed by atoms with van der Waals surface area (Å²) in [7, 11) is 0. The van der Waals surface area contributed by atoms with Crippen molar-refractivity contribution in [3.05, 3.63) is 0 Å². The van der Waals surface area contributed by atoms with E-state index in [-0.39, 0.29) is 13.2 Å². The van der Waals surface area contributed by atoms with E-state index in [9.17, 15) is 0 Å². The molecule has 0 saturated carbocycles. The maximum atomic E-state index is 8.50. The van der Waals surface area contributed by atoms with Crippen LogP contribution in [0.2, 0.25) is 0 Å². The Labute approximate surface area is 52.4 Å². The van der Waals surface area contributed by atoms with E-state index in [1.807, 2.05) is 0 Å². The van der Waals surface area contributed by atoms with Crippen molar-refractivity contribution in [1.82, 2.24) is 0 Å². The summed E-state index contributed by atoms with van der Waals surface area (Å²) in [6.45, 7) is 0.0521. The van der Waals surface area contributed by atoms with Crippen molar-refractivity contribution in [2.45, 2.75) is 6.10 Å². The van der Waals surface area contributed by atoms with E-state index >= 15 is 0 Å². The molecule has 1 atom stereocenters. The summed E-state index contributed by atoms with van der Waals surface area (Å²) in [4.78, 5) is 0. The summed E-state index contributed by atoms with van der Waals surface area (Å²) in [6.07, 6.45) is -0.686. The van der Waals surface area contributed by atoms with Gasteiger partial charge in [0, 0.05) is 0 Å². The van der Waals surface area contributed by atoms with E-state index in [0.29, 0.717) is 18.7 Å². The van der Waals surface area contributed by atoms with Crippen LogP contribution in [0, 0.1) is 0 Å². The van der Waals surface area contributed by atoms with Crippen molar-refractivity contribution in [1.29, 1.82) is 0 Å². The molecule has 0 aromatic carbocycles. The molecule has 0 heterocycles. The summed E-state index contributed by atoms with van der Waals surface area (Å²) >= 11 is 0.705. The van der Waals surface area contributed by atoms with Crippen molar-refractivity contribution < 1.29 is 32.4 Å². The molecule has 0 aromatic rings.